The van der Waals surface area contributed by atoms with E-state index in [2.05, 4.69) is 46.4 Å². The molecule has 0 bridgehead atoms. The highest BCUT2D eigenvalue weighted by Crippen LogP contribution is 2.18. The molecule has 112 valence electrons. The molecule has 0 aromatic carbocycles. The first-order valence-electron chi connectivity index (χ1n) is 7.75. The predicted molar refractivity (Wildman–Crippen MR) is 84.3 cm³/mol. The van der Waals surface area contributed by atoms with Crippen LogP contribution in [0.5, 0.6) is 0 Å². The van der Waals surface area contributed by atoms with E-state index in [1.807, 2.05) is 6.07 Å². The van der Waals surface area contributed by atoms with Crippen LogP contribution < -0.4 is 10.6 Å². The van der Waals surface area contributed by atoms with Crippen LogP contribution in [0.25, 0.3) is 0 Å². The van der Waals surface area contributed by atoms with Crippen molar-refractivity contribution < 1.29 is 0 Å². The van der Waals surface area contributed by atoms with E-state index in [-0.39, 0.29) is 0 Å². The number of aryl methyl sites for hydroxylation is 1. The van der Waals surface area contributed by atoms with Crippen LogP contribution in [0.1, 0.15) is 32.5 Å². The lowest BCUT2D eigenvalue weighted by Crippen LogP contribution is -2.33. The number of aromatic nitrogens is 2. The van der Waals surface area contributed by atoms with Gasteiger partial charge in [0.25, 0.3) is 0 Å². The zero-order valence-corrected chi connectivity index (χ0v) is 12.9. The van der Waals surface area contributed by atoms with E-state index in [1.165, 1.54) is 25.9 Å². The molecule has 0 radical (unpaired) electrons. The average Bonchev–Trinajstić information content (AvgIpc) is 2.47. The van der Waals surface area contributed by atoms with Crippen molar-refractivity contribution in [3.05, 3.63) is 11.9 Å². The van der Waals surface area contributed by atoms with Gasteiger partial charge in [-0.3, -0.25) is 0 Å². The van der Waals surface area contributed by atoms with Crippen molar-refractivity contribution in [2.24, 2.45) is 5.92 Å². The van der Waals surface area contributed by atoms with E-state index in [0.29, 0.717) is 0 Å². The number of hydrogen-bond acceptors (Lipinski definition) is 5. The van der Waals surface area contributed by atoms with Gasteiger partial charge in [0.05, 0.1) is 0 Å². The predicted octanol–water partition coefficient (Wildman–Crippen LogP) is 2.22. The molecule has 20 heavy (non-hydrogen) atoms. The van der Waals surface area contributed by atoms with Crippen molar-refractivity contribution in [1.29, 1.82) is 0 Å². The molecule has 0 spiro atoms. The quantitative estimate of drug-likeness (QED) is 0.835. The van der Waals surface area contributed by atoms with E-state index >= 15 is 0 Å². The summed E-state index contributed by atoms with van der Waals surface area (Å²) in [6.45, 7) is 8.48. The van der Waals surface area contributed by atoms with Gasteiger partial charge in [-0.1, -0.05) is 6.92 Å². The number of likely N-dealkylation sites (tertiary alicyclic amines) is 1. The first-order valence-corrected chi connectivity index (χ1v) is 7.75. The molecular weight excluding hydrogens is 250 g/mol. The van der Waals surface area contributed by atoms with Gasteiger partial charge in [-0.15, -0.1) is 0 Å². The maximum atomic E-state index is 4.56. The van der Waals surface area contributed by atoms with Crippen molar-refractivity contribution in [2.45, 2.75) is 33.1 Å². The molecule has 5 nitrogen and oxygen atoms in total. The Hall–Kier alpha value is -1.36. The van der Waals surface area contributed by atoms with Crippen LogP contribution in [0.2, 0.25) is 0 Å². The van der Waals surface area contributed by atoms with E-state index in [1.54, 1.807) is 0 Å². The summed E-state index contributed by atoms with van der Waals surface area (Å²) in [5.74, 6) is 3.53. The average molecular weight is 277 g/mol. The second-order valence-corrected chi connectivity index (χ2v) is 5.57. The summed E-state index contributed by atoms with van der Waals surface area (Å²) in [7, 11) is 2.20. The van der Waals surface area contributed by atoms with Crippen molar-refractivity contribution in [3.8, 4) is 0 Å². The van der Waals surface area contributed by atoms with E-state index in [4.69, 9.17) is 0 Å². The smallest absolute Gasteiger partial charge is 0.132 e. The summed E-state index contributed by atoms with van der Waals surface area (Å²) in [5.41, 5.74) is 0. The summed E-state index contributed by atoms with van der Waals surface area (Å²) in [6.07, 6.45) is 3.41. The zero-order valence-electron chi connectivity index (χ0n) is 12.9. The Bertz CT molecular complexity index is 413. The van der Waals surface area contributed by atoms with Crippen LogP contribution in [-0.4, -0.2) is 48.1 Å². The molecule has 2 rings (SSSR count). The molecule has 0 amide bonds. The van der Waals surface area contributed by atoms with Gasteiger partial charge >= 0.3 is 0 Å². The number of piperidine rings is 1. The second kappa shape index (κ2) is 7.43. The Morgan fingerprint density at radius 2 is 1.80 bits per heavy atom. The van der Waals surface area contributed by atoms with Gasteiger partial charge in [-0.25, -0.2) is 9.97 Å². The third-order valence-electron chi connectivity index (χ3n) is 3.86. The second-order valence-electron chi connectivity index (χ2n) is 5.57. The lowest BCUT2D eigenvalue weighted by molar-refractivity contribution is 0.226. The highest BCUT2D eigenvalue weighted by Gasteiger charge is 2.16. The summed E-state index contributed by atoms with van der Waals surface area (Å²) in [5, 5.41) is 6.76. The number of nitrogens with zero attached hydrogens (tertiary/aromatic N) is 3. The summed E-state index contributed by atoms with van der Waals surface area (Å²) < 4.78 is 0. The third-order valence-corrected chi connectivity index (χ3v) is 3.86. The number of anilines is 2. The molecule has 1 aliphatic heterocycles. The lowest BCUT2D eigenvalue weighted by Gasteiger charge is -2.29. The van der Waals surface area contributed by atoms with Gasteiger partial charge < -0.3 is 15.5 Å². The first kappa shape index (κ1) is 15.0. The zero-order chi connectivity index (χ0) is 14.4. The Balaban J connectivity index is 1.92. The van der Waals surface area contributed by atoms with E-state index < -0.39 is 0 Å². The number of nitrogens with one attached hydrogen (secondary N) is 2. The normalized spacial score (nSPS) is 17.1. The molecule has 0 unspecified atom stereocenters. The molecule has 0 aliphatic carbocycles. The van der Waals surface area contributed by atoms with Crippen molar-refractivity contribution >= 4 is 11.6 Å². The minimum atomic E-state index is 0.758. The van der Waals surface area contributed by atoms with E-state index in [9.17, 15) is 0 Å². The van der Waals surface area contributed by atoms with Crippen LogP contribution in [0, 0.1) is 5.92 Å². The maximum Gasteiger partial charge on any atom is 0.132 e. The third kappa shape index (κ3) is 4.34. The van der Waals surface area contributed by atoms with Crippen LogP contribution in [0.15, 0.2) is 6.07 Å². The van der Waals surface area contributed by atoms with Crippen molar-refractivity contribution in [1.82, 2.24) is 14.9 Å². The van der Waals surface area contributed by atoms with Crippen LogP contribution >= 0.6 is 0 Å². The largest absolute Gasteiger partial charge is 0.370 e. The molecule has 1 fully saturated rings. The highest BCUT2D eigenvalue weighted by atomic mass is 15.1. The highest BCUT2D eigenvalue weighted by molar-refractivity contribution is 5.47. The molecule has 0 atom stereocenters. The molecule has 2 heterocycles. The van der Waals surface area contributed by atoms with Gasteiger partial charge in [0.2, 0.25) is 0 Å². The monoisotopic (exact) mass is 277 g/mol. The van der Waals surface area contributed by atoms with Gasteiger partial charge in [0.1, 0.15) is 17.5 Å². The molecule has 2 N–H and O–H groups in total. The molecule has 1 saturated heterocycles. The Morgan fingerprint density at radius 3 is 2.40 bits per heavy atom. The minimum absolute atomic E-state index is 0.758. The molecule has 0 saturated carbocycles. The fourth-order valence-corrected chi connectivity index (χ4v) is 2.53. The SMILES string of the molecule is CCNc1cc(NCC2CCN(C)CC2)nc(CC)n1. The van der Waals surface area contributed by atoms with Gasteiger partial charge in [-0.2, -0.15) is 0 Å². The first-order chi connectivity index (χ1) is 9.71. The number of rotatable bonds is 6. The van der Waals surface area contributed by atoms with Gasteiger partial charge in [-0.05, 0) is 45.8 Å². The van der Waals surface area contributed by atoms with Gasteiger partial charge in [0, 0.05) is 25.6 Å². The summed E-state index contributed by atoms with van der Waals surface area (Å²) >= 11 is 0. The molecule has 5 heteroatoms. The molecule has 1 aliphatic rings. The minimum Gasteiger partial charge on any atom is -0.370 e. The standard InChI is InChI=1S/C15H27N5/c1-4-13-18-14(16-5-2)10-15(19-13)17-11-12-6-8-20(3)9-7-12/h10,12H,4-9,11H2,1-3H3,(H2,16,17,18,19). The molecule has 1 aromatic rings. The Morgan fingerprint density at radius 1 is 1.15 bits per heavy atom. The summed E-state index contributed by atoms with van der Waals surface area (Å²) in [6, 6.07) is 2.01. The number of hydrogen-bond donors (Lipinski definition) is 2. The van der Waals surface area contributed by atoms with Crippen LogP contribution in [0.3, 0.4) is 0 Å². The Kier molecular flexibility index (Phi) is 5.59. The van der Waals surface area contributed by atoms with Crippen molar-refractivity contribution in [2.75, 3.05) is 43.9 Å². The van der Waals surface area contributed by atoms with Gasteiger partial charge in [0.15, 0.2) is 0 Å². The molecule has 1 aromatic heterocycles. The van der Waals surface area contributed by atoms with Crippen molar-refractivity contribution in [3.63, 3.8) is 0 Å². The van der Waals surface area contributed by atoms with Crippen LogP contribution in [-0.2, 0) is 6.42 Å². The summed E-state index contributed by atoms with van der Waals surface area (Å²) in [4.78, 5) is 11.4. The molecular formula is C15H27N5. The van der Waals surface area contributed by atoms with E-state index in [0.717, 1.165) is 42.9 Å². The lowest BCUT2D eigenvalue weighted by atomic mass is 9.97. The Labute approximate surface area is 122 Å². The fourth-order valence-electron chi connectivity index (χ4n) is 2.53. The maximum absolute atomic E-state index is 4.56. The topological polar surface area (TPSA) is 53.1 Å². The fraction of sp³-hybridized carbons (Fsp3) is 0.733. The van der Waals surface area contributed by atoms with Crippen LogP contribution in [0.4, 0.5) is 11.6 Å².